The number of nitrogens with zero attached hydrogens (tertiary/aromatic N) is 1. The highest BCUT2D eigenvalue weighted by Crippen LogP contribution is 2.25. The molecule has 1 atom stereocenters. The average Bonchev–Trinajstić information content (AvgIpc) is 2.53. The van der Waals surface area contributed by atoms with E-state index in [1.165, 1.54) is 0 Å². The lowest BCUT2D eigenvalue weighted by molar-refractivity contribution is 0.0149. The summed E-state index contributed by atoms with van der Waals surface area (Å²) in [6.07, 6.45) is -0.595. The predicted octanol–water partition coefficient (Wildman–Crippen LogP) is 1.89. The number of morpholine rings is 1. The zero-order chi connectivity index (χ0) is 16.8. The lowest BCUT2D eigenvalue weighted by Crippen LogP contribution is -2.44. The molecule has 5 nitrogen and oxygen atoms in total. The van der Waals surface area contributed by atoms with Crippen molar-refractivity contribution in [1.82, 2.24) is 10.2 Å². The second-order valence-corrected chi connectivity index (χ2v) is 6.58. The molecule has 2 N–H and O–H groups in total. The number of amides is 1. The number of nitrogens with one attached hydrogen (secondary N) is 1. The molecule has 1 aromatic rings. The van der Waals surface area contributed by atoms with Crippen LogP contribution in [0.25, 0.3) is 0 Å². The number of aliphatic hydroxyl groups is 1. The largest absolute Gasteiger partial charge is 0.390 e. The minimum absolute atomic E-state index is 0.219. The van der Waals surface area contributed by atoms with Crippen molar-refractivity contribution in [2.45, 2.75) is 25.9 Å². The van der Waals surface area contributed by atoms with Gasteiger partial charge in [0.1, 0.15) is 0 Å². The molecule has 0 saturated carbocycles. The highest BCUT2D eigenvalue weighted by Gasteiger charge is 2.16. The summed E-state index contributed by atoms with van der Waals surface area (Å²) in [5.41, 5.74) is 1.54. The summed E-state index contributed by atoms with van der Waals surface area (Å²) in [6, 6.07) is 5.33. The fourth-order valence-corrected chi connectivity index (χ4v) is 2.99. The van der Waals surface area contributed by atoms with Gasteiger partial charge < -0.3 is 15.2 Å². The van der Waals surface area contributed by atoms with Gasteiger partial charge in [0.25, 0.3) is 5.91 Å². The predicted molar refractivity (Wildman–Crippen MR) is 91.1 cm³/mol. The highest BCUT2D eigenvalue weighted by atomic mass is 35.5. The highest BCUT2D eigenvalue weighted by molar-refractivity contribution is 6.31. The number of aliphatic hydroxyl groups excluding tert-OH is 1. The molecule has 0 aliphatic carbocycles. The maximum atomic E-state index is 12.2. The van der Waals surface area contributed by atoms with E-state index < -0.39 is 6.10 Å². The van der Waals surface area contributed by atoms with E-state index in [0.29, 0.717) is 36.3 Å². The minimum atomic E-state index is -0.595. The van der Waals surface area contributed by atoms with E-state index in [1.807, 2.05) is 6.07 Å². The number of carbonyl (C=O) groups excluding carboxylic acids is 1. The van der Waals surface area contributed by atoms with E-state index in [4.69, 9.17) is 16.3 Å². The van der Waals surface area contributed by atoms with Crippen LogP contribution in [0, 0.1) is 0 Å². The molecule has 1 saturated heterocycles. The number of ether oxygens (including phenoxy) is 1. The number of benzene rings is 1. The molecular formula is C17H25ClN2O3. The normalized spacial score (nSPS) is 17.3. The fraction of sp³-hybridized carbons (Fsp3) is 0.588. The second kappa shape index (κ2) is 8.64. The Morgan fingerprint density at radius 2 is 2.09 bits per heavy atom. The van der Waals surface area contributed by atoms with Gasteiger partial charge in [-0.15, -0.1) is 0 Å². The summed E-state index contributed by atoms with van der Waals surface area (Å²) in [5.74, 6) is 0.0955. The van der Waals surface area contributed by atoms with Gasteiger partial charge in [-0.1, -0.05) is 31.5 Å². The van der Waals surface area contributed by atoms with Crippen molar-refractivity contribution in [2.24, 2.45) is 0 Å². The quantitative estimate of drug-likeness (QED) is 0.830. The van der Waals surface area contributed by atoms with Crippen LogP contribution in [0.2, 0.25) is 5.02 Å². The van der Waals surface area contributed by atoms with Gasteiger partial charge in [0, 0.05) is 36.8 Å². The third kappa shape index (κ3) is 5.46. The first-order valence-corrected chi connectivity index (χ1v) is 8.41. The van der Waals surface area contributed by atoms with E-state index in [9.17, 15) is 9.90 Å². The summed E-state index contributed by atoms with van der Waals surface area (Å²) >= 11 is 6.21. The summed E-state index contributed by atoms with van der Waals surface area (Å²) in [4.78, 5) is 14.3. The van der Waals surface area contributed by atoms with Crippen LogP contribution in [0.1, 0.15) is 35.7 Å². The molecule has 0 radical (unpaired) electrons. The molecule has 1 amide bonds. The SMILES string of the molecule is CC(C)c1ccc(C(=O)NCC(O)CN2CCOCC2)cc1Cl. The van der Waals surface area contributed by atoms with E-state index in [-0.39, 0.29) is 12.5 Å². The Kier molecular flexibility index (Phi) is 6.84. The average molecular weight is 341 g/mol. The summed E-state index contributed by atoms with van der Waals surface area (Å²) < 4.78 is 5.27. The first-order chi connectivity index (χ1) is 11.0. The maximum absolute atomic E-state index is 12.2. The van der Waals surface area contributed by atoms with Crippen molar-refractivity contribution in [1.29, 1.82) is 0 Å². The van der Waals surface area contributed by atoms with Crippen LogP contribution in [-0.2, 0) is 4.74 Å². The van der Waals surface area contributed by atoms with Crippen molar-refractivity contribution in [3.05, 3.63) is 34.3 Å². The fourth-order valence-electron chi connectivity index (χ4n) is 2.60. The first kappa shape index (κ1) is 18.2. The zero-order valence-electron chi connectivity index (χ0n) is 13.7. The summed E-state index contributed by atoms with van der Waals surface area (Å²) in [6.45, 7) is 7.90. The van der Waals surface area contributed by atoms with Gasteiger partial charge >= 0.3 is 0 Å². The Morgan fingerprint density at radius 3 is 2.70 bits per heavy atom. The smallest absolute Gasteiger partial charge is 0.251 e. The van der Waals surface area contributed by atoms with Gasteiger partial charge in [-0.2, -0.15) is 0 Å². The number of hydrogen-bond donors (Lipinski definition) is 2. The number of carbonyl (C=O) groups is 1. The van der Waals surface area contributed by atoms with Crippen molar-refractivity contribution < 1.29 is 14.6 Å². The van der Waals surface area contributed by atoms with Crippen LogP contribution >= 0.6 is 11.6 Å². The standard InChI is InChI=1S/C17H25ClN2O3/c1-12(2)15-4-3-13(9-16(15)18)17(22)19-10-14(21)11-20-5-7-23-8-6-20/h3-4,9,12,14,21H,5-8,10-11H2,1-2H3,(H,19,22). The second-order valence-electron chi connectivity index (χ2n) is 6.17. The monoisotopic (exact) mass is 340 g/mol. The maximum Gasteiger partial charge on any atom is 0.251 e. The van der Waals surface area contributed by atoms with Crippen molar-refractivity contribution in [3.8, 4) is 0 Å². The molecule has 0 spiro atoms. The molecule has 1 aromatic carbocycles. The summed E-state index contributed by atoms with van der Waals surface area (Å²) in [5, 5.41) is 13.4. The van der Waals surface area contributed by atoms with E-state index in [0.717, 1.165) is 18.7 Å². The van der Waals surface area contributed by atoms with Crippen LogP contribution in [0.5, 0.6) is 0 Å². The van der Waals surface area contributed by atoms with Crippen LogP contribution in [-0.4, -0.2) is 61.4 Å². The number of hydrogen-bond acceptors (Lipinski definition) is 4. The third-order valence-corrected chi connectivity index (χ3v) is 4.28. The first-order valence-electron chi connectivity index (χ1n) is 8.03. The Bertz CT molecular complexity index is 531. The molecule has 0 aromatic heterocycles. The van der Waals surface area contributed by atoms with Gasteiger partial charge in [0.15, 0.2) is 0 Å². The van der Waals surface area contributed by atoms with Gasteiger partial charge in [-0.25, -0.2) is 0 Å². The molecule has 1 fully saturated rings. The Hall–Kier alpha value is -1.14. The topological polar surface area (TPSA) is 61.8 Å². The zero-order valence-corrected chi connectivity index (χ0v) is 14.5. The van der Waals surface area contributed by atoms with Gasteiger partial charge in [-0.3, -0.25) is 9.69 Å². The summed E-state index contributed by atoms with van der Waals surface area (Å²) in [7, 11) is 0. The van der Waals surface area contributed by atoms with Gasteiger partial charge in [-0.05, 0) is 23.6 Å². The van der Waals surface area contributed by atoms with Crippen molar-refractivity contribution in [2.75, 3.05) is 39.4 Å². The molecule has 1 aliphatic heterocycles. The molecule has 1 heterocycles. The molecule has 1 unspecified atom stereocenters. The van der Waals surface area contributed by atoms with Crippen LogP contribution < -0.4 is 5.32 Å². The van der Waals surface area contributed by atoms with E-state index in [1.54, 1.807) is 12.1 Å². The third-order valence-electron chi connectivity index (χ3n) is 3.96. The molecule has 6 heteroatoms. The number of β-amino-alcohol motifs (C(OH)–C–C–N with tert-alkyl or cyclic N) is 1. The Labute approximate surface area is 142 Å². The molecular weight excluding hydrogens is 316 g/mol. The molecule has 2 rings (SSSR count). The minimum Gasteiger partial charge on any atom is -0.390 e. The van der Waals surface area contributed by atoms with E-state index in [2.05, 4.69) is 24.1 Å². The molecule has 1 aliphatic rings. The molecule has 128 valence electrons. The van der Waals surface area contributed by atoms with Gasteiger partial charge in [0.05, 0.1) is 19.3 Å². The van der Waals surface area contributed by atoms with Crippen LogP contribution in [0.3, 0.4) is 0 Å². The number of rotatable bonds is 6. The lowest BCUT2D eigenvalue weighted by Gasteiger charge is -2.28. The van der Waals surface area contributed by atoms with Crippen LogP contribution in [0.4, 0.5) is 0 Å². The van der Waals surface area contributed by atoms with Gasteiger partial charge in [0.2, 0.25) is 0 Å². The van der Waals surface area contributed by atoms with Crippen LogP contribution in [0.15, 0.2) is 18.2 Å². The van der Waals surface area contributed by atoms with Crippen molar-refractivity contribution in [3.63, 3.8) is 0 Å². The lowest BCUT2D eigenvalue weighted by atomic mass is 10.0. The Balaban J connectivity index is 1.83. The molecule has 23 heavy (non-hydrogen) atoms. The van der Waals surface area contributed by atoms with E-state index >= 15 is 0 Å². The van der Waals surface area contributed by atoms with Crippen molar-refractivity contribution >= 4 is 17.5 Å². The number of halogens is 1. The Morgan fingerprint density at radius 1 is 1.39 bits per heavy atom. The molecule has 0 bridgehead atoms.